The Morgan fingerprint density at radius 1 is 1.06 bits per heavy atom. The van der Waals surface area contributed by atoms with E-state index in [2.05, 4.69) is 20.8 Å². The van der Waals surface area contributed by atoms with Gasteiger partial charge in [0.05, 0.1) is 6.10 Å². The normalized spacial score (nSPS) is 10.8. The van der Waals surface area contributed by atoms with Crippen LogP contribution in [-0.4, -0.2) is 34.7 Å². The van der Waals surface area contributed by atoms with Crippen molar-refractivity contribution in [3.8, 4) is 5.75 Å². The minimum Gasteiger partial charge on any atom is -0.491 e. The molecule has 0 saturated heterocycles. The zero-order valence-electron chi connectivity index (χ0n) is 17.6. The van der Waals surface area contributed by atoms with Gasteiger partial charge >= 0.3 is 0 Å². The van der Waals surface area contributed by atoms with E-state index < -0.39 is 11.7 Å². The first-order chi connectivity index (χ1) is 15.4. The van der Waals surface area contributed by atoms with Crippen molar-refractivity contribution in [1.29, 1.82) is 0 Å². The van der Waals surface area contributed by atoms with E-state index in [0.717, 1.165) is 22.6 Å². The van der Waals surface area contributed by atoms with Crippen LogP contribution in [0.25, 0.3) is 0 Å². The second-order valence-electron chi connectivity index (χ2n) is 7.04. The molecule has 0 unspecified atom stereocenters. The fraction of sp³-hybridized carbons (Fsp3) is 0.273. The van der Waals surface area contributed by atoms with Gasteiger partial charge in [-0.2, -0.15) is 0 Å². The van der Waals surface area contributed by atoms with Gasteiger partial charge in [-0.05, 0) is 55.8 Å². The molecule has 168 valence electrons. The van der Waals surface area contributed by atoms with Gasteiger partial charge in [0.2, 0.25) is 10.9 Å². The molecule has 0 fully saturated rings. The lowest BCUT2D eigenvalue weighted by Crippen LogP contribution is -2.27. The van der Waals surface area contributed by atoms with Crippen molar-refractivity contribution in [2.45, 2.75) is 33.1 Å². The third-order valence-corrected chi connectivity index (χ3v) is 4.90. The Morgan fingerprint density at radius 3 is 2.47 bits per heavy atom. The summed E-state index contributed by atoms with van der Waals surface area (Å²) in [6.45, 7) is 4.19. The number of rotatable bonds is 10. The van der Waals surface area contributed by atoms with Gasteiger partial charge in [-0.1, -0.05) is 23.5 Å². The first kappa shape index (κ1) is 23.3. The van der Waals surface area contributed by atoms with Crippen molar-refractivity contribution in [2.75, 3.05) is 11.9 Å². The lowest BCUT2D eigenvalue weighted by atomic mass is 10.2. The van der Waals surface area contributed by atoms with Crippen molar-refractivity contribution in [1.82, 2.24) is 15.5 Å². The summed E-state index contributed by atoms with van der Waals surface area (Å²) in [5.41, 5.74) is 1.39. The maximum Gasteiger partial charge on any atom is 0.286 e. The molecule has 0 radical (unpaired) electrons. The van der Waals surface area contributed by atoms with Crippen molar-refractivity contribution in [3.63, 3.8) is 0 Å². The Bertz CT molecular complexity index is 1040. The number of amides is 2. The molecule has 0 atom stereocenters. The number of anilines is 1. The second-order valence-corrected chi connectivity index (χ2v) is 8.10. The summed E-state index contributed by atoms with van der Waals surface area (Å²) in [4.78, 5) is 24.2. The predicted molar refractivity (Wildman–Crippen MR) is 118 cm³/mol. The molecule has 0 aliphatic heterocycles. The van der Waals surface area contributed by atoms with E-state index in [0.29, 0.717) is 17.2 Å². The van der Waals surface area contributed by atoms with Crippen molar-refractivity contribution in [3.05, 3.63) is 69.9 Å². The van der Waals surface area contributed by atoms with Gasteiger partial charge < -0.3 is 20.1 Å². The summed E-state index contributed by atoms with van der Waals surface area (Å²) in [6.07, 6.45) is 0.103. The highest BCUT2D eigenvalue weighted by Crippen LogP contribution is 2.15. The minimum atomic E-state index is -0.456. The molecule has 0 saturated carbocycles. The highest BCUT2D eigenvalue weighted by molar-refractivity contribution is 7.13. The van der Waals surface area contributed by atoms with Crippen LogP contribution in [0.2, 0.25) is 0 Å². The van der Waals surface area contributed by atoms with Crippen LogP contribution in [0.1, 0.15) is 34.2 Å². The summed E-state index contributed by atoms with van der Waals surface area (Å²) in [6, 6.07) is 12.9. The first-order valence-electron chi connectivity index (χ1n) is 9.88. The molecule has 0 spiro atoms. The number of hydrogen-bond donors (Lipinski definition) is 2. The van der Waals surface area contributed by atoms with Crippen molar-refractivity contribution >= 4 is 28.8 Å². The number of halogens is 1. The number of benzene rings is 2. The zero-order chi connectivity index (χ0) is 22.9. The first-order valence-corrected chi connectivity index (χ1v) is 10.7. The summed E-state index contributed by atoms with van der Waals surface area (Å²) in [5, 5.41) is 13.7. The van der Waals surface area contributed by atoms with Crippen LogP contribution in [-0.2, 0) is 22.7 Å². The van der Waals surface area contributed by atoms with Gasteiger partial charge in [0.1, 0.15) is 29.8 Å². The molecule has 3 aromatic rings. The maximum atomic E-state index is 12.9. The van der Waals surface area contributed by atoms with Gasteiger partial charge in [0, 0.05) is 12.2 Å². The fourth-order valence-corrected chi connectivity index (χ4v) is 3.23. The largest absolute Gasteiger partial charge is 0.491 e. The lowest BCUT2D eigenvalue weighted by Gasteiger charge is -2.10. The lowest BCUT2D eigenvalue weighted by molar-refractivity contribution is -0.126. The third-order valence-electron chi connectivity index (χ3n) is 4.01. The highest BCUT2D eigenvalue weighted by atomic mass is 32.1. The molecular formula is C22H23FN4O4S. The monoisotopic (exact) mass is 458 g/mol. The van der Waals surface area contributed by atoms with Gasteiger partial charge in [-0.15, -0.1) is 10.2 Å². The van der Waals surface area contributed by atoms with Crippen LogP contribution in [0.5, 0.6) is 5.75 Å². The molecule has 2 aromatic carbocycles. The molecule has 2 N–H and O–H groups in total. The van der Waals surface area contributed by atoms with Gasteiger partial charge in [0.25, 0.3) is 5.91 Å². The average Bonchev–Trinajstić information content (AvgIpc) is 3.24. The molecule has 8 nitrogen and oxygen atoms in total. The summed E-state index contributed by atoms with van der Waals surface area (Å²) in [7, 11) is 0. The smallest absolute Gasteiger partial charge is 0.286 e. The SMILES string of the molecule is CC(C)Oc1ccc(CNC(=O)COCc2nnc(C(=O)Nc3ccc(F)cc3)s2)cc1. The van der Waals surface area contributed by atoms with Crippen LogP contribution in [0.15, 0.2) is 48.5 Å². The average molecular weight is 459 g/mol. The number of ether oxygens (including phenoxy) is 2. The van der Waals surface area contributed by atoms with Gasteiger partial charge in [-0.3, -0.25) is 9.59 Å². The topological polar surface area (TPSA) is 102 Å². The number of nitrogens with one attached hydrogen (secondary N) is 2. The fourth-order valence-electron chi connectivity index (χ4n) is 2.56. The van der Waals surface area contributed by atoms with Crippen LogP contribution in [0.4, 0.5) is 10.1 Å². The standard InChI is InChI=1S/C22H23FN4O4S/c1-14(2)31-18-9-3-15(4-10-18)11-24-19(28)12-30-13-20-26-27-22(32-20)21(29)25-17-7-5-16(23)6-8-17/h3-10,14H,11-13H2,1-2H3,(H,24,28)(H,25,29). The second kappa shape index (κ2) is 11.3. The van der Waals surface area contributed by atoms with E-state index in [4.69, 9.17) is 9.47 Å². The Balaban J connectivity index is 1.38. The summed E-state index contributed by atoms with van der Waals surface area (Å²) >= 11 is 1.05. The van der Waals surface area contributed by atoms with E-state index >= 15 is 0 Å². The Morgan fingerprint density at radius 2 is 1.78 bits per heavy atom. The Labute approximate surface area is 188 Å². The predicted octanol–water partition coefficient (Wildman–Crippen LogP) is 3.55. The number of carbonyl (C=O) groups excluding carboxylic acids is 2. The van der Waals surface area contributed by atoms with E-state index in [1.807, 2.05) is 38.1 Å². The van der Waals surface area contributed by atoms with Gasteiger partial charge in [-0.25, -0.2) is 4.39 Å². The third kappa shape index (κ3) is 7.40. The molecule has 0 aliphatic carbocycles. The van der Waals surface area contributed by atoms with E-state index in [9.17, 15) is 14.0 Å². The maximum absolute atomic E-state index is 12.9. The van der Waals surface area contributed by atoms with Gasteiger partial charge in [0.15, 0.2) is 0 Å². The molecule has 0 bridgehead atoms. The Hall–Kier alpha value is -3.37. The van der Waals surface area contributed by atoms with Crippen LogP contribution < -0.4 is 15.4 Å². The number of hydrogen-bond acceptors (Lipinski definition) is 7. The van der Waals surface area contributed by atoms with Crippen LogP contribution >= 0.6 is 11.3 Å². The minimum absolute atomic E-state index is 0.0517. The molecule has 32 heavy (non-hydrogen) atoms. The molecule has 1 heterocycles. The van der Waals surface area contributed by atoms with Crippen molar-refractivity contribution in [2.24, 2.45) is 0 Å². The molecule has 2 amide bonds. The molecule has 3 rings (SSSR count). The molecule has 1 aromatic heterocycles. The summed E-state index contributed by atoms with van der Waals surface area (Å²) in [5.74, 6) is -0.341. The van der Waals surface area contributed by atoms with E-state index in [1.54, 1.807) is 0 Å². The van der Waals surface area contributed by atoms with Crippen LogP contribution in [0.3, 0.4) is 0 Å². The quantitative estimate of drug-likeness (QED) is 0.482. The Kier molecular flexibility index (Phi) is 8.23. The van der Waals surface area contributed by atoms with E-state index in [1.165, 1.54) is 24.3 Å². The van der Waals surface area contributed by atoms with Crippen LogP contribution in [0, 0.1) is 5.82 Å². The molecular weight excluding hydrogens is 435 g/mol. The number of aromatic nitrogens is 2. The summed E-state index contributed by atoms with van der Waals surface area (Å²) < 4.78 is 23.9. The zero-order valence-corrected chi connectivity index (χ0v) is 18.4. The highest BCUT2D eigenvalue weighted by Gasteiger charge is 2.14. The van der Waals surface area contributed by atoms with Crippen molar-refractivity contribution < 1.29 is 23.5 Å². The molecule has 10 heteroatoms. The van der Waals surface area contributed by atoms with E-state index in [-0.39, 0.29) is 30.2 Å². The number of nitrogens with zero attached hydrogens (tertiary/aromatic N) is 2. The molecule has 0 aliphatic rings. The number of carbonyl (C=O) groups is 2.